The summed E-state index contributed by atoms with van der Waals surface area (Å²) in [4.78, 5) is 14.7. The number of allylic oxidation sites excluding steroid dienone is 1. The molecule has 0 aliphatic rings. The Balaban J connectivity index is 1.90. The number of non-ortho nitro benzene ring substituents is 1. The van der Waals surface area contributed by atoms with Crippen molar-refractivity contribution in [3.63, 3.8) is 0 Å². The first-order valence-electron chi connectivity index (χ1n) is 6.96. The van der Waals surface area contributed by atoms with E-state index in [9.17, 15) is 15.4 Å². The van der Waals surface area contributed by atoms with E-state index in [1.807, 2.05) is 18.4 Å². The summed E-state index contributed by atoms with van der Waals surface area (Å²) in [6.45, 7) is 1.83. The minimum atomic E-state index is -0.446. The number of rotatable bonds is 4. The first-order chi connectivity index (χ1) is 11.6. The molecule has 0 unspecified atom stereocenters. The van der Waals surface area contributed by atoms with Gasteiger partial charge in [-0.05, 0) is 31.2 Å². The number of thiazole rings is 1. The summed E-state index contributed by atoms with van der Waals surface area (Å²) in [7, 11) is 0. The van der Waals surface area contributed by atoms with Crippen LogP contribution in [0.1, 0.15) is 16.5 Å². The molecule has 2 heterocycles. The molecular formula is C17H11N3O3S. The summed E-state index contributed by atoms with van der Waals surface area (Å²) in [6.07, 6.45) is 1.64. The lowest BCUT2D eigenvalue weighted by Crippen LogP contribution is -1.87. The van der Waals surface area contributed by atoms with Gasteiger partial charge in [0.25, 0.3) is 5.69 Å². The van der Waals surface area contributed by atoms with Crippen LogP contribution in [0.3, 0.4) is 0 Å². The Morgan fingerprint density at radius 3 is 2.67 bits per heavy atom. The van der Waals surface area contributed by atoms with Crippen LogP contribution in [0.25, 0.3) is 22.9 Å². The van der Waals surface area contributed by atoms with Gasteiger partial charge in [0.05, 0.1) is 16.2 Å². The Kier molecular flexibility index (Phi) is 4.22. The zero-order valence-electron chi connectivity index (χ0n) is 12.6. The Morgan fingerprint density at radius 1 is 1.33 bits per heavy atom. The summed E-state index contributed by atoms with van der Waals surface area (Å²) in [5.41, 5.74) is 1.86. The van der Waals surface area contributed by atoms with Crippen molar-refractivity contribution < 1.29 is 9.34 Å². The van der Waals surface area contributed by atoms with Gasteiger partial charge in [0, 0.05) is 29.2 Å². The maximum atomic E-state index is 10.7. The molecule has 0 spiro atoms. The van der Waals surface area contributed by atoms with E-state index in [1.165, 1.54) is 23.5 Å². The third-order valence-electron chi connectivity index (χ3n) is 3.28. The number of nitriles is 1. The SMILES string of the molecule is Cc1ccc(C=C(C#N)c2nc(-c3ccc([N+](=O)[O-])cc3)cs2)o1. The van der Waals surface area contributed by atoms with Crippen molar-refractivity contribution >= 4 is 28.7 Å². The van der Waals surface area contributed by atoms with Crippen LogP contribution < -0.4 is 0 Å². The van der Waals surface area contributed by atoms with E-state index >= 15 is 0 Å². The van der Waals surface area contributed by atoms with Gasteiger partial charge in [-0.15, -0.1) is 11.3 Å². The number of benzene rings is 1. The van der Waals surface area contributed by atoms with Crippen molar-refractivity contribution in [2.45, 2.75) is 6.92 Å². The average Bonchev–Trinajstić information content (AvgIpc) is 3.22. The van der Waals surface area contributed by atoms with Gasteiger partial charge >= 0.3 is 0 Å². The first kappa shape index (κ1) is 15.6. The Bertz CT molecular complexity index is 962. The highest BCUT2D eigenvalue weighted by molar-refractivity contribution is 7.11. The fourth-order valence-corrected chi connectivity index (χ4v) is 2.89. The molecule has 0 bridgehead atoms. The molecule has 0 N–H and O–H groups in total. The fourth-order valence-electron chi connectivity index (χ4n) is 2.10. The quantitative estimate of drug-likeness (QED) is 0.391. The number of nitro benzene ring substituents is 1. The second-order valence-corrected chi connectivity index (χ2v) is 5.82. The minimum Gasteiger partial charge on any atom is -0.462 e. The van der Waals surface area contributed by atoms with Crippen LogP contribution in [0, 0.1) is 28.4 Å². The van der Waals surface area contributed by atoms with Crippen LogP contribution >= 0.6 is 11.3 Å². The molecule has 6 nitrogen and oxygen atoms in total. The Hall–Kier alpha value is -3.24. The van der Waals surface area contributed by atoms with Crippen molar-refractivity contribution in [2.24, 2.45) is 0 Å². The van der Waals surface area contributed by atoms with Crippen LogP contribution in [0.4, 0.5) is 5.69 Å². The van der Waals surface area contributed by atoms with Crippen molar-refractivity contribution in [2.75, 3.05) is 0 Å². The van der Waals surface area contributed by atoms with Gasteiger partial charge in [0.15, 0.2) is 0 Å². The molecule has 0 aliphatic carbocycles. The van der Waals surface area contributed by atoms with Gasteiger partial charge < -0.3 is 4.42 Å². The molecule has 2 aromatic heterocycles. The van der Waals surface area contributed by atoms with Crippen LogP contribution in [0.5, 0.6) is 0 Å². The maximum Gasteiger partial charge on any atom is 0.269 e. The van der Waals surface area contributed by atoms with Crippen LogP contribution in [-0.2, 0) is 0 Å². The largest absolute Gasteiger partial charge is 0.462 e. The molecular weight excluding hydrogens is 326 g/mol. The number of aryl methyl sites for hydroxylation is 1. The fraction of sp³-hybridized carbons (Fsp3) is 0.0588. The van der Waals surface area contributed by atoms with Crippen LogP contribution in [0.15, 0.2) is 46.2 Å². The lowest BCUT2D eigenvalue weighted by molar-refractivity contribution is -0.384. The molecule has 1 aromatic carbocycles. The van der Waals surface area contributed by atoms with Gasteiger partial charge in [-0.2, -0.15) is 5.26 Å². The molecule has 0 fully saturated rings. The predicted octanol–water partition coefficient (Wildman–Crippen LogP) is 4.68. The molecule has 24 heavy (non-hydrogen) atoms. The molecule has 3 aromatic rings. The van der Waals surface area contributed by atoms with E-state index in [4.69, 9.17) is 4.42 Å². The Labute approximate surface area is 141 Å². The summed E-state index contributed by atoms with van der Waals surface area (Å²) < 4.78 is 5.45. The monoisotopic (exact) mass is 337 g/mol. The van der Waals surface area contributed by atoms with Crippen LogP contribution in [0.2, 0.25) is 0 Å². The summed E-state index contributed by atoms with van der Waals surface area (Å²) in [6, 6.07) is 11.9. The summed E-state index contributed by atoms with van der Waals surface area (Å²) in [5, 5.41) is 22.4. The third kappa shape index (κ3) is 3.24. The summed E-state index contributed by atoms with van der Waals surface area (Å²) >= 11 is 1.34. The first-order valence-corrected chi connectivity index (χ1v) is 7.84. The van der Waals surface area contributed by atoms with E-state index in [1.54, 1.807) is 24.3 Å². The zero-order valence-corrected chi connectivity index (χ0v) is 13.4. The van der Waals surface area contributed by atoms with Crippen molar-refractivity contribution in [3.8, 4) is 17.3 Å². The number of hydrogen-bond acceptors (Lipinski definition) is 6. The molecule has 0 saturated carbocycles. The van der Waals surface area contributed by atoms with Gasteiger partial charge in [0.1, 0.15) is 22.6 Å². The van der Waals surface area contributed by atoms with Gasteiger partial charge in [-0.25, -0.2) is 4.98 Å². The number of hydrogen-bond donors (Lipinski definition) is 0. The topological polar surface area (TPSA) is 93.0 Å². The Morgan fingerprint density at radius 2 is 2.08 bits per heavy atom. The molecule has 3 rings (SSSR count). The standard InChI is InChI=1S/C17H11N3O3S/c1-11-2-7-15(23-11)8-13(9-18)17-19-16(10-24-17)12-3-5-14(6-4-12)20(21)22/h2-8,10H,1H3. The van der Waals surface area contributed by atoms with Gasteiger partial charge in [0.2, 0.25) is 0 Å². The lowest BCUT2D eigenvalue weighted by Gasteiger charge is -1.96. The second kappa shape index (κ2) is 6.48. The predicted molar refractivity (Wildman–Crippen MR) is 91.1 cm³/mol. The highest BCUT2D eigenvalue weighted by Crippen LogP contribution is 2.28. The second-order valence-electron chi connectivity index (χ2n) is 4.96. The number of aromatic nitrogens is 1. The van der Waals surface area contributed by atoms with E-state index in [0.717, 1.165) is 11.3 Å². The van der Waals surface area contributed by atoms with Crippen molar-refractivity contribution in [3.05, 3.63) is 68.4 Å². The van der Waals surface area contributed by atoms with E-state index in [0.29, 0.717) is 22.0 Å². The smallest absolute Gasteiger partial charge is 0.269 e. The molecule has 118 valence electrons. The molecule has 0 saturated heterocycles. The molecule has 7 heteroatoms. The van der Waals surface area contributed by atoms with Crippen LogP contribution in [-0.4, -0.2) is 9.91 Å². The number of nitro groups is 1. The van der Waals surface area contributed by atoms with E-state index in [-0.39, 0.29) is 5.69 Å². The number of nitrogens with zero attached hydrogens (tertiary/aromatic N) is 3. The highest BCUT2D eigenvalue weighted by Gasteiger charge is 2.11. The van der Waals surface area contributed by atoms with Gasteiger partial charge in [-0.1, -0.05) is 0 Å². The zero-order chi connectivity index (χ0) is 17.1. The van der Waals surface area contributed by atoms with E-state index < -0.39 is 4.92 Å². The normalized spacial score (nSPS) is 11.2. The lowest BCUT2D eigenvalue weighted by atomic mass is 10.1. The van der Waals surface area contributed by atoms with E-state index in [2.05, 4.69) is 11.1 Å². The third-order valence-corrected chi connectivity index (χ3v) is 4.15. The van der Waals surface area contributed by atoms with Crippen molar-refractivity contribution in [1.29, 1.82) is 5.26 Å². The maximum absolute atomic E-state index is 10.7. The highest BCUT2D eigenvalue weighted by atomic mass is 32.1. The van der Waals surface area contributed by atoms with Gasteiger partial charge in [-0.3, -0.25) is 10.1 Å². The molecule has 0 aliphatic heterocycles. The molecule has 0 atom stereocenters. The molecule has 0 amide bonds. The van der Waals surface area contributed by atoms with Crippen molar-refractivity contribution in [1.82, 2.24) is 4.98 Å². The summed E-state index contributed by atoms with van der Waals surface area (Å²) in [5.74, 6) is 1.36. The molecule has 0 radical (unpaired) electrons. The number of furan rings is 1. The minimum absolute atomic E-state index is 0.0278. The average molecular weight is 337 g/mol.